The Kier molecular flexibility index (Phi) is 1.97. The molecule has 1 aliphatic rings. The van der Waals surface area contributed by atoms with Crippen molar-refractivity contribution >= 4 is 17.7 Å². The van der Waals surface area contributed by atoms with E-state index in [1.165, 1.54) is 0 Å². The third kappa shape index (κ3) is 1.37. The largest absolute Gasteiger partial charge is 0.481 e. The Bertz CT molecular complexity index is 128. The number of hydrogen-bond donors (Lipinski definition) is 2. The summed E-state index contributed by atoms with van der Waals surface area (Å²) >= 11 is 1.61. The highest BCUT2D eigenvalue weighted by atomic mass is 32.2. The highest BCUT2D eigenvalue weighted by Crippen LogP contribution is 2.22. The molecule has 2 atom stereocenters. The molecule has 9 heavy (non-hydrogen) atoms. The summed E-state index contributed by atoms with van der Waals surface area (Å²) in [5, 5.41) is 8.49. The second kappa shape index (κ2) is 2.58. The van der Waals surface area contributed by atoms with Gasteiger partial charge in [0.25, 0.3) is 0 Å². The van der Waals surface area contributed by atoms with E-state index in [1.807, 2.05) is 0 Å². The van der Waals surface area contributed by atoms with Crippen LogP contribution in [0.5, 0.6) is 0 Å². The van der Waals surface area contributed by atoms with E-state index in [2.05, 4.69) is 0 Å². The van der Waals surface area contributed by atoms with Crippen LogP contribution >= 0.6 is 11.8 Å². The molecule has 3 N–H and O–H groups in total. The summed E-state index contributed by atoms with van der Waals surface area (Å²) in [4.78, 5) is 10.3. The number of thioether (sulfide) groups is 1. The molecule has 1 heterocycles. The summed E-state index contributed by atoms with van der Waals surface area (Å²) in [6.45, 7) is 0. The average molecular weight is 147 g/mol. The number of rotatable bonds is 1. The van der Waals surface area contributed by atoms with Crippen molar-refractivity contribution in [1.82, 2.24) is 0 Å². The topological polar surface area (TPSA) is 63.3 Å². The van der Waals surface area contributed by atoms with Crippen LogP contribution in [-0.2, 0) is 4.79 Å². The Morgan fingerprint density at radius 1 is 1.67 bits per heavy atom. The molecule has 0 aromatic rings. The lowest BCUT2D eigenvalue weighted by molar-refractivity contribution is -0.141. The molecule has 0 aromatic carbocycles. The molecule has 0 unspecified atom stereocenters. The predicted molar refractivity (Wildman–Crippen MR) is 36.4 cm³/mol. The van der Waals surface area contributed by atoms with Gasteiger partial charge in [-0.1, -0.05) is 0 Å². The molecule has 0 aromatic heterocycles. The molecule has 3 nitrogen and oxygen atoms in total. The first-order valence-electron chi connectivity index (χ1n) is 2.78. The molecule has 4 heteroatoms. The van der Waals surface area contributed by atoms with E-state index in [0.717, 1.165) is 5.75 Å². The normalized spacial score (nSPS) is 34.8. The molecule has 1 rings (SSSR count). The van der Waals surface area contributed by atoms with Crippen LogP contribution in [0.15, 0.2) is 0 Å². The maximum absolute atomic E-state index is 10.3. The van der Waals surface area contributed by atoms with E-state index < -0.39 is 5.97 Å². The lowest BCUT2D eigenvalue weighted by Crippen LogP contribution is -2.33. The van der Waals surface area contributed by atoms with Gasteiger partial charge in [0, 0.05) is 17.5 Å². The van der Waals surface area contributed by atoms with E-state index in [-0.39, 0.29) is 12.0 Å². The zero-order valence-corrected chi connectivity index (χ0v) is 5.73. The number of carbonyl (C=O) groups is 1. The van der Waals surface area contributed by atoms with Gasteiger partial charge in [-0.2, -0.15) is 11.8 Å². The lowest BCUT2D eigenvalue weighted by Gasteiger charge is -2.06. The zero-order valence-electron chi connectivity index (χ0n) is 4.91. The average Bonchev–Trinajstić information content (AvgIpc) is 2.13. The predicted octanol–water partition coefficient (Wildman–Crippen LogP) is -0.239. The Morgan fingerprint density at radius 2 is 2.33 bits per heavy atom. The monoisotopic (exact) mass is 147 g/mol. The minimum absolute atomic E-state index is 0.132. The molecule has 1 aliphatic heterocycles. The van der Waals surface area contributed by atoms with Crippen molar-refractivity contribution in [2.75, 3.05) is 11.5 Å². The first kappa shape index (κ1) is 6.89. The fourth-order valence-electron chi connectivity index (χ4n) is 0.825. The Labute approximate surface area is 57.6 Å². The molecule has 52 valence electrons. The van der Waals surface area contributed by atoms with Gasteiger partial charge in [-0.25, -0.2) is 0 Å². The first-order chi connectivity index (χ1) is 4.22. The molecular weight excluding hydrogens is 138 g/mol. The first-order valence-corrected chi connectivity index (χ1v) is 3.93. The number of hydrogen-bond acceptors (Lipinski definition) is 3. The van der Waals surface area contributed by atoms with E-state index in [9.17, 15) is 4.79 Å². The van der Waals surface area contributed by atoms with E-state index in [1.54, 1.807) is 11.8 Å². The number of carboxylic acids is 1. The molecule has 0 radical (unpaired) electrons. The lowest BCUT2D eigenvalue weighted by atomic mass is 10.1. The van der Waals surface area contributed by atoms with Gasteiger partial charge in [0.05, 0.1) is 5.92 Å². The minimum Gasteiger partial charge on any atom is -0.481 e. The Balaban J connectivity index is 2.49. The second-order valence-electron chi connectivity index (χ2n) is 2.15. The van der Waals surface area contributed by atoms with Crippen molar-refractivity contribution in [1.29, 1.82) is 0 Å². The van der Waals surface area contributed by atoms with Crippen molar-refractivity contribution in [3.8, 4) is 0 Å². The van der Waals surface area contributed by atoms with Gasteiger partial charge in [-0.3, -0.25) is 4.79 Å². The van der Waals surface area contributed by atoms with Crippen molar-refractivity contribution in [3.05, 3.63) is 0 Å². The number of nitrogens with two attached hydrogens (primary N) is 1. The molecule has 0 amide bonds. The third-order valence-corrected chi connectivity index (χ3v) is 2.66. The summed E-state index contributed by atoms with van der Waals surface area (Å²) < 4.78 is 0. The molecular formula is C5H9NO2S. The third-order valence-electron chi connectivity index (χ3n) is 1.44. The molecule has 0 saturated carbocycles. The van der Waals surface area contributed by atoms with Crippen LogP contribution in [0.3, 0.4) is 0 Å². The summed E-state index contributed by atoms with van der Waals surface area (Å²) in [7, 11) is 0. The van der Waals surface area contributed by atoms with Crippen LogP contribution in [0, 0.1) is 5.92 Å². The quantitative estimate of drug-likeness (QED) is 0.537. The van der Waals surface area contributed by atoms with E-state index in [4.69, 9.17) is 10.8 Å². The highest BCUT2D eigenvalue weighted by Gasteiger charge is 2.30. The van der Waals surface area contributed by atoms with Gasteiger partial charge >= 0.3 is 5.97 Å². The van der Waals surface area contributed by atoms with Gasteiger partial charge in [-0.05, 0) is 0 Å². The van der Waals surface area contributed by atoms with Crippen molar-refractivity contribution in [2.45, 2.75) is 6.04 Å². The van der Waals surface area contributed by atoms with Gasteiger partial charge in [0.2, 0.25) is 0 Å². The van der Waals surface area contributed by atoms with E-state index >= 15 is 0 Å². The molecule has 0 aliphatic carbocycles. The molecule has 1 fully saturated rings. The van der Waals surface area contributed by atoms with Gasteiger partial charge in [-0.15, -0.1) is 0 Å². The fraction of sp³-hybridized carbons (Fsp3) is 0.800. The minimum atomic E-state index is -0.757. The molecule has 0 bridgehead atoms. The molecule has 0 spiro atoms. The van der Waals surface area contributed by atoms with Crippen LogP contribution < -0.4 is 5.73 Å². The highest BCUT2D eigenvalue weighted by molar-refractivity contribution is 7.99. The summed E-state index contributed by atoms with van der Waals surface area (Å²) in [5.41, 5.74) is 5.48. The summed E-state index contributed by atoms with van der Waals surface area (Å²) in [5.74, 6) is 0.399. The van der Waals surface area contributed by atoms with Gasteiger partial charge in [0.15, 0.2) is 0 Å². The van der Waals surface area contributed by atoms with E-state index in [0.29, 0.717) is 5.75 Å². The smallest absolute Gasteiger partial charge is 0.308 e. The van der Waals surface area contributed by atoms with Crippen LogP contribution in [0.2, 0.25) is 0 Å². The SMILES string of the molecule is N[C@H]1CSC[C@H]1C(=O)O. The van der Waals surface area contributed by atoms with Crippen LogP contribution in [0.1, 0.15) is 0 Å². The maximum atomic E-state index is 10.3. The van der Waals surface area contributed by atoms with Crippen molar-refractivity contribution < 1.29 is 9.90 Å². The van der Waals surface area contributed by atoms with Crippen molar-refractivity contribution in [2.24, 2.45) is 11.7 Å². The number of aliphatic carboxylic acids is 1. The standard InChI is InChI=1S/C5H9NO2S/c6-4-2-9-1-3(4)5(7)8/h3-4H,1-2,6H2,(H,7,8)/t3-,4+/m1/s1. The van der Waals surface area contributed by atoms with Crippen LogP contribution in [-0.4, -0.2) is 28.6 Å². The van der Waals surface area contributed by atoms with Crippen molar-refractivity contribution in [3.63, 3.8) is 0 Å². The Morgan fingerprint density at radius 3 is 2.56 bits per heavy atom. The zero-order chi connectivity index (χ0) is 6.85. The van der Waals surface area contributed by atoms with Gasteiger partial charge < -0.3 is 10.8 Å². The maximum Gasteiger partial charge on any atom is 0.308 e. The van der Waals surface area contributed by atoms with Gasteiger partial charge in [0.1, 0.15) is 0 Å². The summed E-state index contributed by atoms with van der Waals surface area (Å²) in [6, 6.07) is -0.132. The molecule has 1 saturated heterocycles. The fourth-order valence-corrected chi connectivity index (χ4v) is 2.11. The Hall–Kier alpha value is -0.220. The van der Waals surface area contributed by atoms with Crippen LogP contribution in [0.4, 0.5) is 0 Å². The summed E-state index contributed by atoms with van der Waals surface area (Å²) in [6.07, 6.45) is 0. The number of carboxylic acid groups (broad SMARTS) is 1. The second-order valence-corrected chi connectivity index (χ2v) is 3.22. The van der Waals surface area contributed by atoms with Crippen LogP contribution in [0.25, 0.3) is 0 Å².